The molecule has 0 aromatic heterocycles. The molecule has 1 amide bonds. The number of rotatable bonds is 5. The van der Waals surface area contributed by atoms with Crippen molar-refractivity contribution < 1.29 is 9.53 Å². The third kappa shape index (κ3) is 3.55. The van der Waals surface area contributed by atoms with Crippen LogP contribution < -0.4 is 15.8 Å². The molecule has 0 heterocycles. The Morgan fingerprint density at radius 3 is 2.88 bits per heavy atom. The second-order valence-electron chi connectivity index (χ2n) is 3.62. The Balaban J connectivity index is 2.57. The first kappa shape index (κ1) is 12.5. The Kier molecular flexibility index (Phi) is 4.79. The van der Waals surface area contributed by atoms with Crippen LogP contribution in [0.2, 0.25) is 0 Å². The van der Waals surface area contributed by atoms with Crippen LogP contribution in [0.4, 0.5) is 0 Å². The quantitative estimate of drug-likeness (QED) is 0.780. The van der Waals surface area contributed by atoms with Gasteiger partial charge in [0, 0.05) is 19.5 Å². The van der Waals surface area contributed by atoms with Crippen LogP contribution in [-0.2, 0) is 11.3 Å². The van der Waals surface area contributed by atoms with Crippen LogP contribution in [0.5, 0.6) is 5.75 Å². The van der Waals surface area contributed by atoms with Gasteiger partial charge in [0.15, 0.2) is 0 Å². The fourth-order valence-corrected chi connectivity index (χ4v) is 1.39. The molecule has 1 aromatic rings. The molecular weight excluding hydrogens is 204 g/mol. The first-order chi connectivity index (χ1) is 7.67. The Morgan fingerprint density at radius 2 is 2.25 bits per heavy atom. The van der Waals surface area contributed by atoms with E-state index in [0.29, 0.717) is 19.5 Å². The zero-order valence-electron chi connectivity index (χ0n) is 9.75. The summed E-state index contributed by atoms with van der Waals surface area (Å²) in [5.41, 5.74) is 7.39. The van der Waals surface area contributed by atoms with E-state index in [0.717, 1.165) is 16.9 Å². The summed E-state index contributed by atoms with van der Waals surface area (Å²) in [5, 5.41) is 2.80. The van der Waals surface area contributed by atoms with Crippen LogP contribution in [-0.4, -0.2) is 19.6 Å². The average Bonchev–Trinajstić information content (AvgIpc) is 2.28. The van der Waals surface area contributed by atoms with Crippen molar-refractivity contribution in [2.75, 3.05) is 13.7 Å². The predicted octanol–water partition coefficient (Wildman–Crippen LogP) is 0.969. The van der Waals surface area contributed by atoms with Crippen LogP contribution in [0.15, 0.2) is 18.2 Å². The van der Waals surface area contributed by atoms with Crippen molar-refractivity contribution >= 4 is 5.91 Å². The molecule has 0 fully saturated rings. The summed E-state index contributed by atoms with van der Waals surface area (Å²) >= 11 is 0. The van der Waals surface area contributed by atoms with Crippen LogP contribution >= 0.6 is 0 Å². The van der Waals surface area contributed by atoms with E-state index in [4.69, 9.17) is 10.5 Å². The second kappa shape index (κ2) is 6.12. The van der Waals surface area contributed by atoms with Gasteiger partial charge in [-0.2, -0.15) is 0 Å². The Labute approximate surface area is 95.8 Å². The van der Waals surface area contributed by atoms with Gasteiger partial charge in [-0.05, 0) is 24.1 Å². The number of ether oxygens (including phenoxy) is 1. The maximum absolute atomic E-state index is 11.2. The van der Waals surface area contributed by atoms with E-state index in [-0.39, 0.29) is 5.91 Å². The van der Waals surface area contributed by atoms with Gasteiger partial charge in [-0.25, -0.2) is 0 Å². The molecule has 0 saturated heterocycles. The molecule has 0 aliphatic heterocycles. The molecule has 1 aromatic carbocycles. The van der Waals surface area contributed by atoms with E-state index in [1.807, 2.05) is 25.1 Å². The lowest BCUT2D eigenvalue weighted by Crippen LogP contribution is -2.24. The lowest BCUT2D eigenvalue weighted by molar-refractivity contribution is -0.121. The zero-order valence-corrected chi connectivity index (χ0v) is 9.75. The van der Waals surface area contributed by atoms with Crippen molar-refractivity contribution in [3.05, 3.63) is 29.3 Å². The molecular formula is C12H18N2O2. The van der Waals surface area contributed by atoms with E-state index in [2.05, 4.69) is 5.32 Å². The van der Waals surface area contributed by atoms with Crippen molar-refractivity contribution in [1.29, 1.82) is 0 Å². The minimum Gasteiger partial charge on any atom is -0.496 e. The van der Waals surface area contributed by atoms with Gasteiger partial charge in [-0.3, -0.25) is 4.79 Å². The number of hydrogen-bond acceptors (Lipinski definition) is 3. The molecule has 0 aliphatic rings. The summed E-state index contributed by atoms with van der Waals surface area (Å²) in [5.74, 6) is 0.813. The monoisotopic (exact) mass is 222 g/mol. The first-order valence-electron chi connectivity index (χ1n) is 5.27. The standard InChI is InChI=1S/C12H18N2O2/c1-9-3-4-10(7-11(9)16-2)8-14-12(15)5-6-13/h3-4,7H,5-6,8,13H2,1-2H3,(H,14,15). The largest absolute Gasteiger partial charge is 0.496 e. The van der Waals surface area contributed by atoms with E-state index in [9.17, 15) is 4.79 Å². The van der Waals surface area contributed by atoms with E-state index in [1.165, 1.54) is 0 Å². The number of carbonyl (C=O) groups is 1. The number of amides is 1. The average molecular weight is 222 g/mol. The summed E-state index contributed by atoms with van der Waals surface area (Å²) in [4.78, 5) is 11.2. The molecule has 0 radical (unpaired) electrons. The normalized spacial score (nSPS) is 9.94. The third-order valence-electron chi connectivity index (χ3n) is 2.33. The van der Waals surface area contributed by atoms with Gasteiger partial charge < -0.3 is 15.8 Å². The molecule has 0 unspecified atom stereocenters. The van der Waals surface area contributed by atoms with Crippen LogP contribution in [0.1, 0.15) is 17.5 Å². The minimum atomic E-state index is -0.0259. The topological polar surface area (TPSA) is 64.3 Å². The number of benzene rings is 1. The third-order valence-corrected chi connectivity index (χ3v) is 2.33. The summed E-state index contributed by atoms with van der Waals surface area (Å²) < 4.78 is 5.21. The molecule has 0 spiro atoms. The van der Waals surface area contributed by atoms with E-state index in [1.54, 1.807) is 7.11 Å². The van der Waals surface area contributed by atoms with Gasteiger partial charge in [0.1, 0.15) is 5.75 Å². The molecule has 0 atom stereocenters. The Bertz CT molecular complexity index is 364. The second-order valence-corrected chi connectivity index (χ2v) is 3.62. The summed E-state index contributed by atoms with van der Waals surface area (Å²) in [7, 11) is 1.64. The maximum Gasteiger partial charge on any atom is 0.221 e. The van der Waals surface area contributed by atoms with E-state index < -0.39 is 0 Å². The van der Waals surface area contributed by atoms with Gasteiger partial charge in [-0.15, -0.1) is 0 Å². The molecule has 4 nitrogen and oxygen atoms in total. The smallest absolute Gasteiger partial charge is 0.221 e. The number of hydrogen-bond donors (Lipinski definition) is 2. The van der Waals surface area contributed by atoms with Crippen molar-refractivity contribution in [1.82, 2.24) is 5.32 Å². The lowest BCUT2D eigenvalue weighted by Gasteiger charge is -2.08. The summed E-state index contributed by atoms with van der Waals surface area (Å²) in [6.45, 7) is 2.87. The van der Waals surface area contributed by atoms with Gasteiger partial charge in [0.25, 0.3) is 0 Å². The number of nitrogens with one attached hydrogen (secondary N) is 1. The maximum atomic E-state index is 11.2. The molecule has 1 rings (SSSR count). The highest BCUT2D eigenvalue weighted by atomic mass is 16.5. The van der Waals surface area contributed by atoms with Crippen molar-refractivity contribution in [3.63, 3.8) is 0 Å². The predicted molar refractivity (Wildman–Crippen MR) is 63.2 cm³/mol. The zero-order chi connectivity index (χ0) is 12.0. The molecule has 0 saturated carbocycles. The SMILES string of the molecule is COc1cc(CNC(=O)CCN)ccc1C. The van der Waals surface area contributed by atoms with Gasteiger partial charge >= 0.3 is 0 Å². The van der Waals surface area contributed by atoms with Crippen molar-refractivity contribution in [3.8, 4) is 5.75 Å². The van der Waals surface area contributed by atoms with Crippen LogP contribution in [0.25, 0.3) is 0 Å². The molecule has 16 heavy (non-hydrogen) atoms. The number of nitrogens with two attached hydrogens (primary N) is 1. The van der Waals surface area contributed by atoms with Crippen LogP contribution in [0.3, 0.4) is 0 Å². The summed E-state index contributed by atoms with van der Waals surface area (Å²) in [6, 6.07) is 5.88. The molecule has 0 bridgehead atoms. The number of methoxy groups -OCH3 is 1. The van der Waals surface area contributed by atoms with Gasteiger partial charge in [0.2, 0.25) is 5.91 Å². The van der Waals surface area contributed by atoms with Crippen molar-refractivity contribution in [2.24, 2.45) is 5.73 Å². The first-order valence-corrected chi connectivity index (χ1v) is 5.27. The molecule has 3 N–H and O–H groups in total. The van der Waals surface area contributed by atoms with Gasteiger partial charge in [-0.1, -0.05) is 12.1 Å². The molecule has 4 heteroatoms. The van der Waals surface area contributed by atoms with Crippen LogP contribution in [0, 0.1) is 6.92 Å². The van der Waals surface area contributed by atoms with Gasteiger partial charge in [0.05, 0.1) is 7.11 Å². The lowest BCUT2D eigenvalue weighted by atomic mass is 10.1. The molecule has 88 valence electrons. The summed E-state index contributed by atoms with van der Waals surface area (Å²) in [6.07, 6.45) is 0.364. The highest BCUT2D eigenvalue weighted by molar-refractivity contribution is 5.76. The Morgan fingerprint density at radius 1 is 1.50 bits per heavy atom. The number of carbonyl (C=O) groups excluding carboxylic acids is 1. The fourth-order valence-electron chi connectivity index (χ4n) is 1.39. The van der Waals surface area contributed by atoms with Crippen molar-refractivity contribution in [2.45, 2.75) is 19.9 Å². The fraction of sp³-hybridized carbons (Fsp3) is 0.417. The molecule has 0 aliphatic carbocycles. The highest BCUT2D eigenvalue weighted by Gasteiger charge is 2.02. The minimum absolute atomic E-state index is 0.0259. The number of aryl methyl sites for hydroxylation is 1. The highest BCUT2D eigenvalue weighted by Crippen LogP contribution is 2.18. The Hall–Kier alpha value is -1.55. The van der Waals surface area contributed by atoms with E-state index >= 15 is 0 Å².